The first-order valence-electron chi connectivity index (χ1n) is 7.34. The standard InChI is InChI=1S/C18H15F2NO3/c1-11(22)12-4-2-5-14(8-12)23-9-13-10-24-18(21-13)17-15(19)6-3-7-16(17)20/h2-8,10-11,22H,9H2,1H3. The van der Waals surface area contributed by atoms with Crippen molar-refractivity contribution in [3.05, 3.63) is 71.6 Å². The molecule has 0 amide bonds. The molecule has 4 nitrogen and oxygen atoms in total. The molecule has 2 aromatic carbocycles. The lowest BCUT2D eigenvalue weighted by Gasteiger charge is -2.08. The molecule has 0 bridgehead atoms. The zero-order valence-corrected chi connectivity index (χ0v) is 12.9. The van der Waals surface area contributed by atoms with Crippen LogP contribution in [0.25, 0.3) is 11.5 Å². The van der Waals surface area contributed by atoms with Gasteiger partial charge in [-0.05, 0) is 36.8 Å². The Morgan fingerprint density at radius 2 is 1.88 bits per heavy atom. The molecule has 0 fully saturated rings. The van der Waals surface area contributed by atoms with Crippen molar-refractivity contribution in [1.29, 1.82) is 0 Å². The molecule has 6 heteroatoms. The number of oxazole rings is 1. The van der Waals surface area contributed by atoms with Crippen molar-refractivity contribution in [3.63, 3.8) is 0 Å². The number of nitrogens with zero attached hydrogens (tertiary/aromatic N) is 1. The van der Waals surface area contributed by atoms with Gasteiger partial charge in [0.1, 0.15) is 41.5 Å². The zero-order valence-electron chi connectivity index (χ0n) is 12.9. The predicted octanol–water partition coefficient (Wildman–Crippen LogP) is 4.25. The molecule has 1 unspecified atom stereocenters. The first-order valence-corrected chi connectivity index (χ1v) is 7.34. The highest BCUT2D eigenvalue weighted by molar-refractivity contribution is 5.55. The minimum Gasteiger partial charge on any atom is -0.487 e. The molecule has 3 aromatic rings. The molecule has 1 heterocycles. The van der Waals surface area contributed by atoms with Gasteiger partial charge in [0.15, 0.2) is 0 Å². The summed E-state index contributed by atoms with van der Waals surface area (Å²) in [6, 6.07) is 10.6. The van der Waals surface area contributed by atoms with Crippen LogP contribution < -0.4 is 4.74 Å². The third-order valence-corrected chi connectivity index (χ3v) is 3.46. The molecule has 3 rings (SSSR count). The first-order chi connectivity index (χ1) is 11.5. The molecule has 0 aliphatic rings. The monoisotopic (exact) mass is 331 g/mol. The molecular formula is C18H15F2NO3. The number of rotatable bonds is 5. The lowest BCUT2D eigenvalue weighted by Crippen LogP contribution is -1.98. The van der Waals surface area contributed by atoms with Crippen molar-refractivity contribution in [1.82, 2.24) is 4.98 Å². The highest BCUT2D eigenvalue weighted by Crippen LogP contribution is 2.26. The summed E-state index contributed by atoms with van der Waals surface area (Å²) in [4.78, 5) is 4.05. The van der Waals surface area contributed by atoms with Crippen molar-refractivity contribution in [2.45, 2.75) is 19.6 Å². The average molecular weight is 331 g/mol. The molecule has 0 radical (unpaired) electrons. The Balaban J connectivity index is 1.74. The number of aliphatic hydroxyl groups is 1. The number of hydrogen-bond donors (Lipinski definition) is 1. The fraction of sp³-hybridized carbons (Fsp3) is 0.167. The largest absolute Gasteiger partial charge is 0.487 e. The van der Waals surface area contributed by atoms with Gasteiger partial charge in [0, 0.05) is 0 Å². The second kappa shape index (κ2) is 6.80. The third kappa shape index (κ3) is 3.44. The molecule has 1 aromatic heterocycles. The molecule has 0 aliphatic carbocycles. The Morgan fingerprint density at radius 3 is 2.58 bits per heavy atom. The van der Waals surface area contributed by atoms with Crippen molar-refractivity contribution in [3.8, 4) is 17.2 Å². The minimum absolute atomic E-state index is 0.0723. The second-order valence-electron chi connectivity index (χ2n) is 5.28. The fourth-order valence-electron chi connectivity index (χ4n) is 2.21. The Morgan fingerprint density at radius 1 is 1.17 bits per heavy atom. The van der Waals surface area contributed by atoms with Gasteiger partial charge in [0.25, 0.3) is 0 Å². The van der Waals surface area contributed by atoms with E-state index >= 15 is 0 Å². The van der Waals surface area contributed by atoms with Crippen LogP contribution in [0.5, 0.6) is 5.75 Å². The van der Waals surface area contributed by atoms with Crippen molar-refractivity contribution in [2.24, 2.45) is 0 Å². The average Bonchev–Trinajstić information content (AvgIpc) is 3.01. The van der Waals surface area contributed by atoms with Crippen molar-refractivity contribution in [2.75, 3.05) is 0 Å². The number of aromatic nitrogens is 1. The number of aliphatic hydroxyl groups excluding tert-OH is 1. The van der Waals surface area contributed by atoms with Gasteiger partial charge in [-0.15, -0.1) is 0 Å². The van der Waals surface area contributed by atoms with Gasteiger partial charge < -0.3 is 14.3 Å². The molecule has 124 valence electrons. The van der Waals surface area contributed by atoms with E-state index in [1.165, 1.54) is 12.3 Å². The normalized spacial score (nSPS) is 12.2. The maximum atomic E-state index is 13.7. The topological polar surface area (TPSA) is 55.5 Å². The van der Waals surface area contributed by atoms with E-state index < -0.39 is 17.7 Å². The Bertz CT molecular complexity index is 826. The summed E-state index contributed by atoms with van der Waals surface area (Å²) < 4.78 is 38.2. The predicted molar refractivity (Wildman–Crippen MR) is 83.3 cm³/mol. The van der Waals surface area contributed by atoms with Crippen molar-refractivity contribution < 1.29 is 23.0 Å². The number of hydrogen-bond acceptors (Lipinski definition) is 4. The smallest absolute Gasteiger partial charge is 0.232 e. The maximum Gasteiger partial charge on any atom is 0.232 e. The van der Waals surface area contributed by atoms with E-state index in [1.54, 1.807) is 31.2 Å². The Kier molecular flexibility index (Phi) is 4.57. The molecule has 0 saturated heterocycles. The third-order valence-electron chi connectivity index (χ3n) is 3.46. The maximum absolute atomic E-state index is 13.7. The van der Waals surface area contributed by atoms with Crippen LogP contribution in [-0.4, -0.2) is 10.1 Å². The summed E-state index contributed by atoms with van der Waals surface area (Å²) in [5, 5.41) is 9.56. The Labute approximate surface area is 137 Å². The van der Waals surface area contributed by atoms with E-state index in [1.807, 2.05) is 0 Å². The highest BCUT2D eigenvalue weighted by Gasteiger charge is 2.16. The number of benzene rings is 2. The lowest BCUT2D eigenvalue weighted by molar-refractivity contribution is 0.198. The van der Waals surface area contributed by atoms with Crippen LogP contribution in [0.2, 0.25) is 0 Å². The van der Waals surface area contributed by atoms with Gasteiger partial charge in [0.05, 0.1) is 6.10 Å². The summed E-state index contributed by atoms with van der Waals surface area (Å²) in [5.41, 5.74) is 0.816. The van der Waals surface area contributed by atoms with Crippen LogP contribution in [0.4, 0.5) is 8.78 Å². The summed E-state index contributed by atoms with van der Waals surface area (Å²) >= 11 is 0. The van der Waals surface area contributed by atoms with E-state index in [2.05, 4.69) is 4.98 Å². The number of halogens is 2. The van der Waals surface area contributed by atoms with Crippen LogP contribution in [-0.2, 0) is 6.61 Å². The van der Waals surface area contributed by atoms with Gasteiger partial charge in [-0.1, -0.05) is 18.2 Å². The van der Waals surface area contributed by atoms with E-state index in [9.17, 15) is 13.9 Å². The summed E-state index contributed by atoms with van der Waals surface area (Å²) in [6.07, 6.45) is 0.691. The van der Waals surface area contributed by atoms with Gasteiger partial charge in [-0.3, -0.25) is 0 Å². The van der Waals surface area contributed by atoms with Crippen LogP contribution in [0, 0.1) is 11.6 Å². The van der Waals surface area contributed by atoms with Gasteiger partial charge >= 0.3 is 0 Å². The molecule has 1 atom stereocenters. The zero-order chi connectivity index (χ0) is 17.1. The summed E-state index contributed by atoms with van der Waals surface area (Å²) in [5.74, 6) is -1.07. The summed E-state index contributed by atoms with van der Waals surface area (Å²) in [6.45, 7) is 1.73. The molecular weight excluding hydrogens is 316 g/mol. The molecule has 24 heavy (non-hydrogen) atoms. The SMILES string of the molecule is CC(O)c1cccc(OCc2coc(-c3c(F)cccc3F)n2)c1. The van der Waals surface area contributed by atoms with Crippen LogP contribution in [0.3, 0.4) is 0 Å². The first kappa shape index (κ1) is 16.1. The lowest BCUT2D eigenvalue weighted by atomic mass is 10.1. The van der Waals surface area contributed by atoms with Crippen LogP contribution in [0.15, 0.2) is 53.1 Å². The second-order valence-corrected chi connectivity index (χ2v) is 5.28. The molecule has 0 spiro atoms. The Hall–Kier alpha value is -2.73. The van der Waals surface area contributed by atoms with E-state index in [4.69, 9.17) is 9.15 Å². The van der Waals surface area contributed by atoms with E-state index in [-0.39, 0.29) is 18.1 Å². The fourth-order valence-corrected chi connectivity index (χ4v) is 2.21. The van der Waals surface area contributed by atoms with Gasteiger partial charge in [0.2, 0.25) is 5.89 Å². The summed E-state index contributed by atoms with van der Waals surface area (Å²) in [7, 11) is 0. The van der Waals surface area contributed by atoms with E-state index in [0.717, 1.165) is 17.7 Å². The molecule has 0 aliphatic heterocycles. The highest BCUT2D eigenvalue weighted by atomic mass is 19.1. The number of ether oxygens (including phenoxy) is 1. The van der Waals surface area contributed by atoms with Gasteiger partial charge in [-0.2, -0.15) is 0 Å². The van der Waals surface area contributed by atoms with Crippen molar-refractivity contribution >= 4 is 0 Å². The quantitative estimate of drug-likeness (QED) is 0.759. The van der Waals surface area contributed by atoms with E-state index in [0.29, 0.717) is 11.4 Å². The molecule has 1 N–H and O–H groups in total. The van der Waals surface area contributed by atoms with Gasteiger partial charge in [-0.25, -0.2) is 13.8 Å². The van der Waals surface area contributed by atoms with Crippen LogP contribution in [0.1, 0.15) is 24.3 Å². The minimum atomic E-state index is -0.742. The van der Waals surface area contributed by atoms with Crippen LogP contribution >= 0.6 is 0 Å². The molecule has 0 saturated carbocycles.